The summed E-state index contributed by atoms with van der Waals surface area (Å²) in [5, 5.41) is 17.5. The Kier molecular flexibility index (Phi) is 6.92. The molecule has 0 aliphatic heterocycles. The van der Waals surface area contributed by atoms with Crippen molar-refractivity contribution < 1.29 is 15.0 Å². The number of carboxylic acids is 1. The Morgan fingerprint density at radius 2 is 2.15 bits per heavy atom. The fraction of sp³-hybridized carbons (Fsp3) is 0.500. The first kappa shape index (κ1) is 11.9. The molecule has 1 atom stereocenters. The number of allylic oxidation sites excluding steroid dienone is 2. The van der Waals surface area contributed by atoms with Crippen LogP contribution >= 0.6 is 0 Å². The maximum absolute atomic E-state index is 10.0. The maximum atomic E-state index is 10.0. The van der Waals surface area contributed by atoms with Crippen molar-refractivity contribution in [2.24, 2.45) is 0 Å². The van der Waals surface area contributed by atoms with Crippen molar-refractivity contribution in [3.63, 3.8) is 0 Å². The second-order valence-electron chi connectivity index (χ2n) is 2.79. The molecular weight excluding hydrogens is 168 g/mol. The summed E-state index contributed by atoms with van der Waals surface area (Å²) in [6, 6.07) is 0. The Morgan fingerprint density at radius 1 is 1.46 bits per heavy atom. The summed E-state index contributed by atoms with van der Waals surface area (Å²) in [7, 11) is 0. The molecule has 0 aromatic rings. The lowest BCUT2D eigenvalue weighted by atomic mass is 10.1. The van der Waals surface area contributed by atoms with Gasteiger partial charge in [0, 0.05) is 6.08 Å². The van der Waals surface area contributed by atoms with E-state index in [9.17, 15) is 9.90 Å². The predicted octanol–water partition coefficient (Wildman–Crippen LogP) is 1.73. The normalized spacial score (nSPS) is 14.0. The van der Waals surface area contributed by atoms with Crippen molar-refractivity contribution in [1.82, 2.24) is 0 Å². The van der Waals surface area contributed by atoms with E-state index in [1.807, 2.05) is 0 Å². The van der Waals surface area contributed by atoms with Crippen molar-refractivity contribution >= 4 is 5.97 Å². The summed E-state index contributed by atoms with van der Waals surface area (Å²) in [6.07, 6.45) is 7.88. The molecule has 0 fully saturated rings. The van der Waals surface area contributed by atoms with Crippen LogP contribution in [0.4, 0.5) is 0 Å². The molecule has 0 aliphatic rings. The highest BCUT2D eigenvalue weighted by Crippen LogP contribution is 2.01. The SMILES string of the molecule is CCCC[C@@H](O)C=CC=CC(=O)O. The highest BCUT2D eigenvalue weighted by Gasteiger charge is 1.95. The molecule has 0 aliphatic carbocycles. The Labute approximate surface area is 78.4 Å². The third-order valence-corrected chi connectivity index (χ3v) is 1.54. The topological polar surface area (TPSA) is 57.5 Å². The van der Waals surface area contributed by atoms with Crippen LogP contribution in [0.3, 0.4) is 0 Å². The van der Waals surface area contributed by atoms with Crippen molar-refractivity contribution in [3.05, 3.63) is 24.3 Å². The first-order valence-corrected chi connectivity index (χ1v) is 4.42. The standard InChI is InChI=1S/C10H16O3/c1-2-3-6-9(11)7-4-5-8-10(12)13/h4-5,7-9,11H,2-3,6H2,1H3,(H,12,13)/t9-/m1/s1. The summed E-state index contributed by atoms with van der Waals surface area (Å²) in [5.74, 6) is -0.979. The minimum absolute atomic E-state index is 0.460. The van der Waals surface area contributed by atoms with Crippen molar-refractivity contribution in [2.45, 2.75) is 32.3 Å². The number of carboxylic acid groups (broad SMARTS) is 1. The van der Waals surface area contributed by atoms with E-state index in [1.54, 1.807) is 12.2 Å². The highest BCUT2D eigenvalue weighted by molar-refractivity contribution is 5.80. The first-order valence-electron chi connectivity index (χ1n) is 4.42. The van der Waals surface area contributed by atoms with E-state index in [4.69, 9.17) is 5.11 Å². The number of aliphatic carboxylic acids is 1. The van der Waals surface area contributed by atoms with E-state index >= 15 is 0 Å². The summed E-state index contributed by atoms with van der Waals surface area (Å²) < 4.78 is 0. The van der Waals surface area contributed by atoms with E-state index in [1.165, 1.54) is 6.08 Å². The van der Waals surface area contributed by atoms with Crippen LogP contribution in [0, 0.1) is 0 Å². The summed E-state index contributed by atoms with van der Waals surface area (Å²) >= 11 is 0. The molecule has 13 heavy (non-hydrogen) atoms. The number of aliphatic hydroxyl groups excluding tert-OH is 1. The molecule has 0 rings (SSSR count). The Morgan fingerprint density at radius 3 is 2.69 bits per heavy atom. The monoisotopic (exact) mass is 184 g/mol. The molecule has 0 spiro atoms. The molecule has 0 saturated carbocycles. The van der Waals surface area contributed by atoms with Gasteiger partial charge in [-0.25, -0.2) is 4.79 Å². The van der Waals surface area contributed by atoms with Crippen LogP contribution in [0.1, 0.15) is 26.2 Å². The fourth-order valence-corrected chi connectivity index (χ4v) is 0.840. The van der Waals surface area contributed by atoms with Crippen molar-refractivity contribution in [3.8, 4) is 0 Å². The van der Waals surface area contributed by atoms with Crippen molar-refractivity contribution in [1.29, 1.82) is 0 Å². The van der Waals surface area contributed by atoms with Gasteiger partial charge in [-0.3, -0.25) is 0 Å². The molecule has 0 unspecified atom stereocenters. The molecule has 3 heteroatoms. The van der Waals surface area contributed by atoms with Gasteiger partial charge in [0.05, 0.1) is 6.10 Å². The molecule has 0 amide bonds. The number of aliphatic hydroxyl groups is 1. The Balaban J connectivity index is 3.64. The second-order valence-corrected chi connectivity index (χ2v) is 2.79. The van der Waals surface area contributed by atoms with Crippen LogP contribution in [0.15, 0.2) is 24.3 Å². The van der Waals surface area contributed by atoms with Gasteiger partial charge in [-0.15, -0.1) is 0 Å². The summed E-state index contributed by atoms with van der Waals surface area (Å²) in [4.78, 5) is 10.0. The van der Waals surface area contributed by atoms with Crippen LogP contribution in [0.2, 0.25) is 0 Å². The zero-order chi connectivity index (χ0) is 10.1. The van der Waals surface area contributed by atoms with Gasteiger partial charge in [0.15, 0.2) is 0 Å². The zero-order valence-electron chi connectivity index (χ0n) is 7.81. The van der Waals surface area contributed by atoms with Crippen LogP contribution in [0.5, 0.6) is 0 Å². The van der Waals surface area contributed by atoms with E-state index in [-0.39, 0.29) is 0 Å². The molecular formula is C10H16O3. The molecule has 0 aromatic heterocycles. The van der Waals surface area contributed by atoms with E-state index in [2.05, 4.69) is 6.92 Å². The molecule has 2 N–H and O–H groups in total. The average molecular weight is 184 g/mol. The lowest BCUT2D eigenvalue weighted by Gasteiger charge is -2.01. The first-order chi connectivity index (χ1) is 6.16. The Hall–Kier alpha value is -1.09. The smallest absolute Gasteiger partial charge is 0.328 e. The van der Waals surface area contributed by atoms with Crippen molar-refractivity contribution in [2.75, 3.05) is 0 Å². The molecule has 0 bridgehead atoms. The number of unbranched alkanes of at least 4 members (excludes halogenated alkanes) is 1. The molecule has 74 valence electrons. The van der Waals surface area contributed by atoms with Gasteiger partial charge in [-0.1, -0.05) is 38.0 Å². The number of rotatable bonds is 6. The lowest BCUT2D eigenvalue weighted by Crippen LogP contribution is -2.00. The van der Waals surface area contributed by atoms with E-state index < -0.39 is 12.1 Å². The van der Waals surface area contributed by atoms with E-state index in [0.29, 0.717) is 0 Å². The molecule has 0 radical (unpaired) electrons. The summed E-state index contributed by atoms with van der Waals surface area (Å²) in [6.45, 7) is 2.06. The van der Waals surface area contributed by atoms with Gasteiger partial charge in [0.1, 0.15) is 0 Å². The van der Waals surface area contributed by atoms with Gasteiger partial charge in [0.25, 0.3) is 0 Å². The van der Waals surface area contributed by atoms with Crippen LogP contribution in [-0.2, 0) is 4.79 Å². The highest BCUT2D eigenvalue weighted by atomic mass is 16.4. The predicted molar refractivity (Wildman–Crippen MR) is 51.4 cm³/mol. The van der Waals surface area contributed by atoms with Gasteiger partial charge >= 0.3 is 5.97 Å². The van der Waals surface area contributed by atoms with Crippen LogP contribution in [-0.4, -0.2) is 22.3 Å². The quantitative estimate of drug-likeness (QED) is 0.488. The van der Waals surface area contributed by atoms with Crippen LogP contribution in [0.25, 0.3) is 0 Å². The number of hydrogen-bond donors (Lipinski definition) is 2. The molecule has 0 heterocycles. The lowest BCUT2D eigenvalue weighted by molar-refractivity contribution is -0.131. The largest absolute Gasteiger partial charge is 0.478 e. The number of hydrogen-bond acceptors (Lipinski definition) is 2. The summed E-state index contributed by atoms with van der Waals surface area (Å²) in [5.41, 5.74) is 0. The van der Waals surface area contributed by atoms with Gasteiger partial charge in [-0.2, -0.15) is 0 Å². The van der Waals surface area contributed by atoms with Gasteiger partial charge in [-0.05, 0) is 6.42 Å². The molecule has 0 saturated heterocycles. The Bertz CT molecular complexity index is 194. The van der Waals surface area contributed by atoms with Gasteiger partial charge < -0.3 is 10.2 Å². The third kappa shape index (κ3) is 8.82. The fourth-order valence-electron chi connectivity index (χ4n) is 0.840. The second kappa shape index (κ2) is 7.55. The third-order valence-electron chi connectivity index (χ3n) is 1.54. The maximum Gasteiger partial charge on any atom is 0.328 e. The number of carbonyl (C=O) groups is 1. The minimum Gasteiger partial charge on any atom is -0.478 e. The van der Waals surface area contributed by atoms with Crippen LogP contribution < -0.4 is 0 Å². The van der Waals surface area contributed by atoms with E-state index in [0.717, 1.165) is 25.3 Å². The minimum atomic E-state index is -0.979. The van der Waals surface area contributed by atoms with Gasteiger partial charge in [0.2, 0.25) is 0 Å². The molecule has 3 nitrogen and oxygen atoms in total. The zero-order valence-corrected chi connectivity index (χ0v) is 7.81. The molecule has 0 aromatic carbocycles. The average Bonchev–Trinajstić information content (AvgIpc) is 2.08.